The Morgan fingerprint density at radius 3 is 2.26 bits per heavy atom. The van der Waals surface area contributed by atoms with Gasteiger partial charge in [-0.15, -0.1) is 0 Å². The molecule has 0 fully saturated rings. The summed E-state index contributed by atoms with van der Waals surface area (Å²) in [6, 6.07) is 22.5. The quantitative estimate of drug-likeness (QED) is 0.252. The number of nitrogen functional groups attached to an aromatic ring is 1. The summed E-state index contributed by atoms with van der Waals surface area (Å²) in [6.45, 7) is 3.91. The molecule has 6 heteroatoms. The number of nitrogens with two attached hydrogens (primary N) is 1. The second-order valence-electron chi connectivity index (χ2n) is 8.34. The predicted molar refractivity (Wildman–Crippen MR) is 135 cm³/mol. The van der Waals surface area contributed by atoms with Crippen LogP contribution >= 0.6 is 0 Å². The first-order valence-electron chi connectivity index (χ1n) is 11.3. The van der Waals surface area contributed by atoms with Crippen molar-refractivity contribution in [2.75, 3.05) is 7.11 Å². The van der Waals surface area contributed by atoms with Gasteiger partial charge in [-0.2, -0.15) is 0 Å². The van der Waals surface area contributed by atoms with Gasteiger partial charge in [0.05, 0.1) is 13.0 Å². The van der Waals surface area contributed by atoms with Gasteiger partial charge in [-0.1, -0.05) is 61.5 Å². The van der Waals surface area contributed by atoms with Crippen LogP contribution in [0.2, 0.25) is 0 Å². The molecule has 0 aromatic heterocycles. The molecule has 0 aliphatic carbocycles. The summed E-state index contributed by atoms with van der Waals surface area (Å²) in [6.07, 6.45) is 1.31. The molecule has 2 unspecified atom stereocenters. The van der Waals surface area contributed by atoms with Crippen LogP contribution in [-0.2, 0) is 22.4 Å². The number of amidine groups is 1. The highest BCUT2D eigenvalue weighted by Gasteiger charge is 2.28. The maximum Gasteiger partial charge on any atom is 0.311 e. The Morgan fingerprint density at radius 2 is 1.62 bits per heavy atom. The Morgan fingerprint density at radius 1 is 0.941 bits per heavy atom. The Bertz CT molecular complexity index is 1170. The van der Waals surface area contributed by atoms with Gasteiger partial charge in [0.15, 0.2) is 0 Å². The highest BCUT2D eigenvalue weighted by atomic mass is 16.5. The summed E-state index contributed by atoms with van der Waals surface area (Å²) in [5.74, 6) is -1.30. The van der Waals surface area contributed by atoms with Crippen LogP contribution in [0.15, 0.2) is 72.8 Å². The largest absolute Gasteiger partial charge is 0.469 e. The zero-order valence-corrected chi connectivity index (χ0v) is 19.8. The van der Waals surface area contributed by atoms with Gasteiger partial charge in [-0.05, 0) is 60.2 Å². The van der Waals surface area contributed by atoms with E-state index in [-0.39, 0.29) is 11.7 Å². The number of ether oxygens (including phenoxy) is 1. The topological polar surface area (TPSA) is 105 Å². The van der Waals surface area contributed by atoms with E-state index in [9.17, 15) is 9.59 Å². The maximum absolute atomic E-state index is 12.9. The Kier molecular flexibility index (Phi) is 8.19. The minimum absolute atomic E-state index is 0.0392. The lowest BCUT2D eigenvalue weighted by Gasteiger charge is -2.23. The molecule has 0 spiro atoms. The van der Waals surface area contributed by atoms with Gasteiger partial charge < -0.3 is 15.8 Å². The molecule has 0 heterocycles. The minimum atomic E-state index is -0.591. The first-order chi connectivity index (χ1) is 16.3. The van der Waals surface area contributed by atoms with Crippen LogP contribution in [0.1, 0.15) is 40.9 Å². The van der Waals surface area contributed by atoms with Crippen molar-refractivity contribution in [3.05, 3.63) is 95.1 Å². The number of methoxy groups -OCH3 is 1. The van der Waals surface area contributed by atoms with Gasteiger partial charge in [0.25, 0.3) is 5.91 Å². The van der Waals surface area contributed by atoms with E-state index in [4.69, 9.17) is 15.9 Å². The summed E-state index contributed by atoms with van der Waals surface area (Å²) < 4.78 is 5.00. The highest BCUT2D eigenvalue weighted by Crippen LogP contribution is 2.22. The van der Waals surface area contributed by atoms with Crippen molar-refractivity contribution in [1.82, 2.24) is 5.32 Å². The number of benzene rings is 3. The molecule has 0 saturated carbocycles. The molecule has 0 saturated heterocycles. The average Bonchev–Trinajstić information content (AvgIpc) is 2.87. The van der Waals surface area contributed by atoms with Crippen LogP contribution in [0, 0.1) is 11.3 Å². The second kappa shape index (κ2) is 11.3. The molecule has 0 aliphatic heterocycles. The number of aryl methyl sites for hydroxylation is 1. The molecule has 34 heavy (non-hydrogen) atoms. The summed E-state index contributed by atoms with van der Waals surface area (Å²) >= 11 is 0. The molecule has 0 radical (unpaired) electrons. The molecule has 3 aromatic carbocycles. The van der Waals surface area contributed by atoms with Crippen LogP contribution < -0.4 is 11.1 Å². The normalized spacial score (nSPS) is 12.4. The Labute approximate surface area is 200 Å². The third-order valence-corrected chi connectivity index (χ3v) is 5.98. The lowest BCUT2D eigenvalue weighted by Crippen LogP contribution is -2.42. The average molecular weight is 458 g/mol. The number of carbonyl (C=O) groups is 2. The minimum Gasteiger partial charge on any atom is -0.469 e. The monoisotopic (exact) mass is 457 g/mol. The molecule has 2 atom stereocenters. The summed E-state index contributed by atoms with van der Waals surface area (Å²) in [7, 11) is 1.34. The van der Waals surface area contributed by atoms with Crippen LogP contribution in [-0.4, -0.2) is 30.9 Å². The lowest BCUT2D eigenvalue weighted by molar-refractivity contribution is -0.146. The molecule has 3 rings (SSSR count). The SMILES string of the molecule is CCc1cccc(-c2ccc(C(=O)NC(C)C(Cc3cccc(C(=N)N)c3)C(=O)OC)cc2)c1. The van der Waals surface area contributed by atoms with Gasteiger partial charge in [-0.3, -0.25) is 15.0 Å². The lowest BCUT2D eigenvalue weighted by atomic mass is 9.92. The molecule has 4 N–H and O–H groups in total. The number of carbonyl (C=O) groups excluding carboxylic acids is 2. The molecule has 3 aromatic rings. The van der Waals surface area contributed by atoms with E-state index in [2.05, 4.69) is 30.4 Å². The van der Waals surface area contributed by atoms with Crippen molar-refractivity contribution in [2.24, 2.45) is 11.7 Å². The molecule has 6 nitrogen and oxygen atoms in total. The summed E-state index contributed by atoms with van der Waals surface area (Å²) in [5.41, 5.74) is 10.9. The number of nitrogens with one attached hydrogen (secondary N) is 2. The zero-order chi connectivity index (χ0) is 24.7. The van der Waals surface area contributed by atoms with Crippen molar-refractivity contribution < 1.29 is 14.3 Å². The molecule has 176 valence electrons. The number of hydrogen-bond acceptors (Lipinski definition) is 4. The third-order valence-electron chi connectivity index (χ3n) is 5.98. The van der Waals surface area contributed by atoms with E-state index in [1.165, 1.54) is 12.7 Å². The second-order valence-corrected chi connectivity index (χ2v) is 8.34. The van der Waals surface area contributed by atoms with Gasteiger partial charge in [0.1, 0.15) is 5.84 Å². The van der Waals surface area contributed by atoms with Crippen LogP contribution in [0.4, 0.5) is 0 Å². The Hall–Kier alpha value is -3.93. The summed E-state index contributed by atoms with van der Waals surface area (Å²) in [4.78, 5) is 25.4. The van der Waals surface area contributed by atoms with Crippen molar-refractivity contribution in [3.8, 4) is 11.1 Å². The van der Waals surface area contributed by atoms with Crippen molar-refractivity contribution in [1.29, 1.82) is 5.41 Å². The first kappa shape index (κ1) is 24.7. The van der Waals surface area contributed by atoms with Gasteiger partial charge in [0.2, 0.25) is 0 Å². The van der Waals surface area contributed by atoms with E-state index in [0.717, 1.165) is 23.1 Å². The van der Waals surface area contributed by atoms with E-state index in [1.807, 2.05) is 24.3 Å². The Balaban J connectivity index is 1.73. The number of amides is 1. The standard InChI is InChI=1S/C28H31N3O3/c1-4-19-7-5-9-23(15-19)21-11-13-22(14-12-21)27(32)31-18(2)25(28(33)34-3)17-20-8-6-10-24(16-20)26(29)30/h5-16,18,25H,4,17H2,1-3H3,(H3,29,30)(H,31,32). The number of esters is 1. The fourth-order valence-electron chi connectivity index (χ4n) is 3.91. The van der Waals surface area contributed by atoms with Crippen molar-refractivity contribution >= 4 is 17.7 Å². The number of rotatable bonds is 9. The fraction of sp³-hybridized carbons (Fsp3) is 0.250. The predicted octanol–water partition coefficient (Wildman–Crippen LogP) is 4.35. The third kappa shape index (κ3) is 6.10. The van der Waals surface area contributed by atoms with E-state index in [0.29, 0.717) is 17.5 Å². The maximum atomic E-state index is 12.9. The van der Waals surface area contributed by atoms with Crippen LogP contribution in [0.5, 0.6) is 0 Å². The van der Waals surface area contributed by atoms with Gasteiger partial charge in [-0.25, -0.2) is 0 Å². The molecule has 0 aliphatic rings. The first-order valence-corrected chi connectivity index (χ1v) is 11.3. The summed E-state index contributed by atoms with van der Waals surface area (Å²) in [5, 5.41) is 10.6. The zero-order valence-electron chi connectivity index (χ0n) is 19.8. The van der Waals surface area contributed by atoms with E-state index < -0.39 is 17.9 Å². The van der Waals surface area contributed by atoms with E-state index in [1.54, 1.807) is 37.3 Å². The smallest absolute Gasteiger partial charge is 0.311 e. The number of hydrogen-bond donors (Lipinski definition) is 3. The van der Waals surface area contributed by atoms with Gasteiger partial charge >= 0.3 is 5.97 Å². The van der Waals surface area contributed by atoms with E-state index >= 15 is 0 Å². The molecule has 0 bridgehead atoms. The fourth-order valence-corrected chi connectivity index (χ4v) is 3.91. The highest BCUT2D eigenvalue weighted by molar-refractivity contribution is 5.95. The van der Waals surface area contributed by atoms with Crippen molar-refractivity contribution in [2.45, 2.75) is 32.7 Å². The molecule has 1 amide bonds. The molecular formula is C28H31N3O3. The van der Waals surface area contributed by atoms with Crippen LogP contribution in [0.3, 0.4) is 0 Å². The van der Waals surface area contributed by atoms with Crippen LogP contribution in [0.25, 0.3) is 11.1 Å². The molecular weight excluding hydrogens is 426 g/mol. The van der Waals surface area contributed by atoms with Crippen molar-refractivity contribution in [3.63, 3.8) is 0 Å². The van der Waals surface area contributed by atoms with Gasteiger partial charge in [0, 0.05) is 17.2 Å².